The maximum Gasteiger partial charge on any atom is 0.411 e. The summed E-state index contributed by atoms with van der Waals surface area (Å²) < 4.78 is 4.77. The van der Waals surface area contributed by atoms with Gasteiger partial charge in [-0.05, 0) is 37.6 Å². The second kappa shape index (κ2) is 8.97. The maximum atomic E-state index is 11.8. The van der Waals surface area contributed by atoms with E-state index in [9.17, 15) is 9.59 Å². The van der Waals surface area contributed by atoms with Crippen LogP contribution in [0.15, 0.2) is 24.3 Å². The van der Waals surface area contributed by atoms with Crippen molar-refractivity contribution in [3.63, 3.8) is 0 Å². The van der Waals surface area contributed by atoms with Crippen LogP contribution in [0.1, 0.15) is 33.1 Å². The zero-order valence-corrected chi connectivity index (χ0v) is 12.5. The lowest BCUT2D eigenvalue weighted by Gasteiger charge is -2.12. The molecule has 1 aromatic carbocycles. The van der Waals surface area contributed by atoms with Gasteiger partial charge in [-0.2, -0.15) is 0 Å². The van der Waals surface area contributed by atoms with E-state index in [4.69, 9.17) is 10.5 Å². The SMILES string of the molecule is CCCCC(N)C(=O)Nc1ccc(NC(=O)OCC)cc1. The maximum absolute atomic E-state index is 11.8. The van der Waals surface area contributed by atoms with Crippen molar-refractivity contribution >= 4 is 23.4 Å². The van der Waals surface area contributed by atoms with Crippen LogP contribution in [-0.4, -0.2) is 24.6 Å². The Bertz CT molecular complexity index is 460. The van der Waals surface area contributed by atoms with Gasteiger partial charge in [0.25, 0.3) is 0 Å². The van der Waals surface area contributed by atoms with Crippen LogP contribution >= 0.6 is 0 Å². The highest BCUT2D eigenvalue weighted by Crippen LogP contribution is 2.14. The first kappa shape index (κ1) is 17.0. The van der Waals surface area contributed by atoms with Crippen LogP contribution in [0.4, 0.5) is 16.2 Å². The molecule has 0 bridgehead atoms. The number of nitrogens with two attached hydrogens (primary N) is 1. The molecule has 4 N–H and O–H groups in total. The molecule has 1 aromatic rings. The Balaban J connectivity index is 2.50. The quantitative estimate of drug-likeness (QED) is 0.720. The molecule has 0 radical (unpaired) electrons. The number of carbonyl (C=O) groups excluding carboxylic acids is 2. The fraction of sp³-hybridized carbons (Fsp3) is 0.467. The van der Waals surface area contributed by atoms with Gasteiger partial charge in [0.15, 0.2) is 0 Å². The van der Waals surface area contributed by atoms with Crippen molar-refractivity contribution in [3.8, 4) is 0 Å². The first-order chi connectivity index (χ1) is 10.1. The summed E-state index contributed by atoms with van der Waals surface area (Å²) in [5.41, 5.74) is 7.03. The predicted molar refractivity (Wildman–Crippen MR) is 83.2 cm³/mol. The zero-order valence-electron chi connectivity index (χ0n) is 12.5. The zero-order chi connectivity index (χ0) is 15.7. The Hall–Kier alpha value is -2.08. The first-order valence-electron chi connectivity index (χ1n) is 7.17. The van der Waals surface area contributed by atoms with Gasteiger partial charge in [-0.15, -0.1) is 0 Å². The molecule has 21 heavy (non-hydrogen) atoms. The monoisotopic (exact) mass is 293 g/mol. The van der Waals surface area contributed by atoms with Gasteiger partial charge in [0.05, 0.1) is 12.6 Å². The molecule has 2 amide bonds. The topological polar surface area (TPSA) is 93.5 Å². The van der Waals surface area contributed by atoms with Crippen molar-refractivity contribution < 1.29 is 14.3 Å². The fourth-order valence-corrected chi connectivity index (χ4v) is 1.71. The molecule has 0 saturated carbocycles. The van der Waals surface area contributed by atoms with Gasteiger partial charge in [-0.3, -0.25) is 10.1 Å². The van der Waals surface area contributed by atoms with E-state index >= 15 is 0 Å². The van der Waals surface area contributed by atoms with Crippen LogP contribution in [0, 0.1) is 0 Å². The molecule has 116 valence electrons. The van der Waals surface area contributed by atoms with Gasteiger partial charge in [0, 0.05) is 11.4 Å². The van der Waals surface area contributed by atoms with Gasteiger partial charge < -0.3 is 15.8 Å². The van der Waals surface area contributed by atoms with Crippen LogP contribution < -0.4 is 16.4 Å². The number of rotatable bonds is 7. The predicted octanol–water partition coefficient (Wildman–Crippen LogP) is 2.71. The lowest BCUT2D eigenvalue weighted by molar-refractivity contribution is -0.117. The standard InChI is InChI=1S/C15H23N3O3/c1-3-5-6-13(16)14(19)17-11-7-9-12(10-8-11)18-15(20)21-4-2/h7-10,13H,3-6,16H2,1-2H3,(H,17,19)(H,18,20). The average Bonchev–Trinajstić information content (AvgIpc) is 2.47. The van der Waals surface area contributed by atoms with Gasteiger partial charge in [-0.1, -0.05) is 19.8 Å². The Labute approximate surface area is 125 Å². The molecular formula is C15H23N3O3. The molecule has 1 rings (SSSR count). The van der Waals surface area contributed by atoms with Crippen molar-refractivity contribution in [2.24, 2.45) is 5.73 Å². The lowest BCUT2D eigenvalue weighted by Crippen LogP contribution is -2.35. The number of carbonyl (C=O) groups is 2. The minimum absolute atomic E-state index is 0.199. The number of nitrogens with one attached hydrogen (secondary N) is 2. The molecule has 6 nitrogen and oxygen atoms in total. The average molecular weight is 293 g/mol. The van der Waals surface area contributed by atoms with E-state index in [2.05, 4.69) is 17.6 Å². The number of anilines is 2. The number of hydrogen-bond donors (Lipinski definition) is 3. The van der Waals surface area contributed by atoms with Gasteiger partial charge in [0.2, 0.25) is 5.91 Å². The third-order valence-electron chi connectivity index (χ3n) is 2.88. The number of benzene rings is 1. The molecule has 0 saturated heterocycles. The van der Waals surface area contributed by atoms with E-state index in [0.717, 1.165) is 12.8 Å². The van der Waals surface area contributed by atoms with Crippen molar-refractivity contribution in [1.29, 1.82) is 0 Å². The number of ether oxygens (including phenoxy) is 1. The molecular weight excluding hydrogens is 270 g/mol. The summed E-state index contributed by atoms with van der Waals surface area (Å²) in [5.74, 6) is -0.199. The van der Waals surface area contributed by atoms with Crippen molar-refractivity contribution in [2.45, 2.75) is 39.2 Å². The number of hydrogen-bond acceptors (Lipinski definition) is 4. The Morgan fingerprint density at radius 3 is 2.24 bits per heavy atom. The second-order valence-electron chi connectivity index (χ2n) is 4.66. The van der Waals surface area contributed by atoms with Crippen molar-refractivity contribution in [3.05, 3.63) is 24.3 Å². The third-order valence-corrected chi connectivity index (χ3v) is 2.88. The van der Waals surface area contributed by atoms with E-state index < -0.39 is 12.1 Å². The van der Waals surface area contributed by atoms with Gasteiger partial charge >= 0.3 is 6.09 Å². The van der Waals surface area contributed by atoms with Crippen LogP contribution in [0.25, 0.3) is 0 Å². The Morgan fingerprint density at radius 1 is 1.14 bits per heavy atom. The summed E-state index contributed by atoms with van der Waals surface area (Å²) in [6.07, 6.45) is 2.10. The van der Waals surface area contributed by atoms with Crippen LogP contribution in [0.5, 0.6) is 0 Å². The molecule has 0 aliphatic carbocycles. The minimum Gasteiger partial charge on any atom is -0.450 e. The Kier molecular flexibility index (Phi) is 7.25. The molecule has 0 aliphatic heterocycles. The summed E-state index contributed by atoms with van der Waals surface area (Å²) in [4.78, 5) is 23.1. The third kappa shape index (κ3) is 6.27. The van der Waals surface area contributed by atoms with E-state index in [0.29, 0.717) is 24.4 Å². The summed E-state index contributed by atoms with van der Waals surface area (Å²) in [7, 11) is 0. The summed E-state index contributed by atoms with van der Waals surface area (Å²) in [5, 5.41) is 5.32. The summed E-state index contributed by atoms with van der Waals surface area (Å²) in [6, 6.07) is 6.27. The first-order valence-corrected chi connectivity index (χ1v) is 7.17. The minimum atomic E-state index is -0.504. The largest absolute Gasteiger partial charge is 0.450 e. The Morgan fingerprint density at radius 2 is 1.71 bits per heavy atom. The molecule has 6 heteroatoms. The molecule has 0 heterocycles. The molecule has 0 aromatic heterocycles. The lowest BCUT2D eigenvalue weighted by atomic mass is 10.1. The van der Waals surface area contributed by atoms with Crippen molar-refractivity contribution in [2.75, 3.05) is 17.2 Å². The smallest absolute Gasteiger partial charge is 0.411 e. The number of unbranched alkanes of at least 4 members (excludes halogenated alkanes) is 1. The van der Waals surface area contributed by atoms with Crippen molar-refractivity contribution in [1.82, 2.24) is 0 Å². The number of amides is 2. The molecule has 1 unspecified atom stereocenters. The summed E-state index contributed by atoms with van der Waals surface area (Å²) >= 11 is 0. The van der Waals surface area contributed by atoms with E-state index in [1.165, 1.54) is 0 Å². The summed E-state index contributed by atoms with van der Waals surface area (Å²) in [6.45, 7) is 4.11. The van der Waals surface area contributed by atoms with E-state index in [1.54, 1.807) is 31.2 Å². The highest BCUT2D eigenvalue weighted by atomic mass is 16.5. The molecule has 0 fully saturated rings. The van der Waals surface area contributed by atoms with Gasteiger partial charge in [0.1, 0.15) is 0 Å². The molecule has 0 aliphatic rings. The van der Waals surface area contributed by atoms with Crippen LogP contribution in [0.2, 0.25) is 0 Å². The van der Waals surface area contributed by atoms with E-state index in [1.807, 2.05) is 0 Å². The van der Waals surface area contributed by atoms with Gasteiger partial charge in [-0.25, -0.2) is 4.79 Å². The normalized spacial score (nSPS) is 11.6. The fourth-order valence-electron chi connectivity index (χ4n) is 1.71. The highest BCUT2D eigenvalue weighted by molar-refractivity contribution is 5.95. The highest BCUT2D eigenvalue weighted by Gasteiger charge is 2.12. The van der Waals surface area contributed by atoms with Crippen LogP contribution in [0.3, 0.4) is 0 Å². The second-order valence-corrected chi connectivity index (χ2v) is 4.66. The molecule has 1 atom stereocenters. The van der Waals surface area contributed by atoms with Crippen LogP contribution in [-0.2, 0) is 9.53 Å². The molecule has 0 spiro atoms. The van der Waals surface area contributed by atoms with E-state index in [-0.39, 0.29) is 5.91 Å².